The van der Waals surface area contributed by atoms with E-state index in [1.54, 1.807) is 18.2 Å². The fourth-order valence-corrected chi connectivity index (χ4v) is 4.07. The number of nitrogens with zero attached hydrogens (tertiary/aromatic N) is 2. The fourth-order valence-electron chi connectivity index (χ4n) is 3.36. The van der Waals surface area contributed by atoms with Crippen LogP contribution in [0, 0.1) is 24.1 Å². The van der Waals surface area contributed by atoms with Gasteiger partial charge in [0.2, 0.25) is 5.91 Å². The molecule has 2 aromatic rings. The van der Waals surface area contributed by atoms with Crippen LogP contribution < -0.4 is 4.90 Å². The molecule has 0 saturated carbocycles. The zero-order chi connectivity index (χ0) is 20.3. The third-order valence-electron chi connectivity index (χ3n) is 4.68. The number of benzene rings is 2. The highest BCUT2D eigenvalue weighted by Gasteiger charge is 2.30. The number of hydrogen-bond donors (Lipinski definition) is 0. The van der Waals surface area contributed by atoms with Crippen LogP contribution in [0.3, 0.4) is 0 Å². The van der Waals surface area contributed by atoms with Gasteiger partial charge in [-0.25, -0.2) is 13.6 Å². The van der Waals surface area contributed by atoms with Crippen LogP contribution in [0.1, 0.15) is 24.0 Å². The number of carbonyl (C=O) groups excluding carboxylic acids is 1. The van der Waals surface area contributed by atoms with Crippen LogP contribution in [0.4, 0.5) is 14.5 Å². The molecule has 1 aliphatic heterocycles. The SMILES string of the molecule is [C-]#[N+]C=Cc1cc(Cl)c(N2CC(Cc3ccc(F)cc3F)CCC2=O)c(Cl)c1. The van der Waals surface area contributed by atoms with Crippen LogP contribution in [-0.4, -0.2) is 12.5 Å². The summed E-state index contributed by atoms with van der Waals surface area (Å²) in [7, 11) is 0. The highest BCUT2D eigenvalue weighted by atomic mass is 35.5. The summed E-state index contributed by atoms with van der Waals surface area (Å²) in [4.78, 5) is 17.2. The van der Waals surface area contributed by atoms with Crippen molar-refractivity contribution < 1.29 is 13.6 Å². The Morgan fingerprint density at radius 2 is 1.93 bits per heavy atom. The van der Waals surface area contributed by atoms with Crippen molar-refractivity contribution in [2.45, 2.75) is 19.3 Å². The van der Waals surface area contributed by atoms with Crippen molar-refractivity contribution in [2.24, 2.45) is 5.92 Å². The maximum Gasteiger partial charge on any atom is 0.227 e. The zero-order valence-corrected chi connectivity index (χ0v) is 16.3. The molecule has 0 radical (unpaired) electrons. The Kier molecular flexibility index (Phi) is 6.33. The average molecular weight is 421 g/mol. The Morgan fingerprint density at radius 3 is 2.57 bits per heavy atom. The number of piperidine rings is 1. The van der Waals surface area contributed by atoms with Gasteiger partial charge in [0.15, 0.2) is 6.20 Å². The molecule has 0 aromatic heterocycles. The molecule has 3 rings (SSSR count). The molecule has 1 amide bonds. The van der Waals surface area contributed by atoms with Gasteiger partial charge in [-0.2, -0.15) is 0 Å². The number of rotatable bonds is 4. The molecular formula is C21H16Cl2F2N2O. The van der Waals surface area contributed by atoms with E-state index in [9.17, 15) is 13.6 Å². The Hall–Kier alpha value is -2.42. The first-order valence-electron chi connectivity index (χ1n) is 8.65. The van der Waals surface area contributed by atoms with Gasteiger partial charge in [0.25, 0.3) is 0 Å². The monoisotopic (exact) mass is 420 g/mol. The van der Waals surface area contributed by atoms with Gasteiger partial charge >= 0.3 is 0 Å². The first-order valence-corrected chi connectivity index (χ1v) is 9.41. The molecule has 1 heterocycles. The van der Waals surface area contributed by atoms with E-state index in [1.165, 1.54) is 23.2 Å². The first-order chi connectivity index (χ1) is 13.4. The van der Waals surface area contributed by atoms with Crippen LogP contribution in [0.5, 0.6) is 0 Å². The van der Waals surface area contributed by atoms with Crippen molar-refractivity contribution in [3.05, 3.63) is 80.8 Å². The van der Waals surface area contributed by atoms with Crippen molar-refractivity contribution in [3.63, 3.8) is 0 Å². The predicted molar refractivity (Wildman–Crippen MR) is 107 cm³/mol. The molecule has 0 N–H and O–H groups in total. The molecule has 2 aromatic carbocycles. The lowest BCUT2D eigenvalue weighted by molar-refractivity contribution is -0.120. The van der Waals surface area contributed by atoms with E-state index < -0.39 is 11.6 Å². The van der Waals surface area contributed by atoms with E-state index in [1.807, 2.05) is 0 Å². The molecule has 3 nitrogen and oxygen atoms in total. The molecule has 7 heteroatoms. The van der Waals surface area contributed by atoms with Gasteiger partial charge in [0, 0.05) is 19.0 Å². The summed E-state index contributed by atoms with van der Waals surface area (Å²) in [5, 5.41) is 0.609. The lowest BCUT2D eigenvalue weighted by Gasteiger charge is -2.34. The lowest BCUT2D eigenvalue weighted by atomic mass is 9.90. The summed E-state index contributed by atoms with van der Waals surface area (Å²) in [6.45, 7) is 7.14. The van der Waals surface area contributed by atoms with Gasteiger partial charge < -0.3 is 4.90 Å². The summed E-state index contributed by atoms with van der Waals surface area (Å²) in [6.07, 6.45) is 4.15. The number of amides is 1. The van der Waals surface area contributed by atoms with Crippen molar-refractivity contribution >= 4 is 40.9 Å². The molecule has 1 fully saturated rings. The lowest BCUT2D eigenvalue weighted by Crippen LogP contribution is -2.41. The molecule has 144 valence electrons. The molecule has 0 bridgehead atoms. The van der Waals surface area contributed by atoms with Gasteiger partial charge in [-0.3, -0.25) is 4.79 Å². The Labute approximate surface area is 172 Å². The summed E-state index contributed by atoms with van der Waals surface area (Å²) < 4.78 is 27.1. The van der Waals surface area contributed by atoms with Crippen LogP contribution in [0.2, 0.25) is 10.0 Å². The third-order valence-corrected chi connectivity index (χ3v) is 5.26. The van der Waals surface area contributed by atoms with E-state index in [0.29, 0.717) is 52.7 Å². The fraction of sp³-hybridized carbons (Fsp3) is 0.238. The molecule has 28 heavy (non-hydrogen) atoms. The Bertz CT molecular complexity index is 962. The maximum absolute atomic E-state index is 14.0. The summed E-state index contributed by atoms with van der Waals surface area (Å²) in [6, 6.07) is 6.81. The second-order valence-electron chi connectivity index (χ2n) is 6.63. The van der Waals surface area contributed by atoms with Gasteiger partial charge in [-0.05, 0) is 48.1 Å². The van der Waals surface area contributed by atoms with Gasteiger partial charge in [-0.15, -0.1) is 0 Å². The van der Waals surface area contributed by atoms with E-state index in [0.717, 1.165) is 6.07 Å². The Balaban J connectivity index is 1.84. The third kappa shape index (κ3) is 4.52. The quantitative estimate of drug-likeness (QED) is 0.544. The number of carbonyl (C=O) groups is 1. The van der Waals surface area contributed by atoms with E-state index >= 15 is 0 Å². The normalized spacial score (nSPS) is 17.2. The summed E-state index contributed by atoms with van der Waals surface area (Å²) in [5.41, 5.74) is 1.49. The van der Waals surface area contributed by atoms with Crippen LogP contribution in [0.25, 0.3) is 10.9 Å². The van der Waals surface area contributed by atoms with Crippen LogP contribution >= 0.6 is 23.2 Å². The minimum Gasteiger partial charge on any atom is -0.309 e. The first kappa shape index (κ1) is 20.3. The van der Waals surface area contributed by atoms with Crippen LogP contribution in [0.15, 0.2) is 36.5 Å². The molecule has 0 spiro atoms. The van der Waals surface area contributed by atoms with Gasteiger partial charge in [0.05, 0.1) is 22.3 Å². The summed E-state index contributed by atoms with van der Waals surface area (Å²) >= 11 is 12.7. The van der Waals surface area contributed by atoms with Crippen molar-refractivity contribution in [1.82, 2.24) is 0 Å². The van der Waals surface area contributed by atoms with E-state index in [2.05, 4.69) is 4.85 Å². The number of anilines is 1. The largest absolute Gasteiger partial charge is 0.309 e. The number of hydrogen-bond acceptors (Lipinski definition) is 1. The Morgan fingerprint density at radius 1 is 1.21 bits per heavy atom. The number of halogens is 4. The van der Waals surface area contributed by atoms with Crippen molar-refractivity contribution in [3.8, 4) is 0 Å². The highest BCUT2D eigenvalue weighted by molar-refractivity contribution is 6.40. The average Bonchev–Trinajstić information content (AvgIpc) is 2.64. The summed E-state index contributed by atoms with van der Waals surface area (Å²) in [5.74, 6) is -1.32. The highest BCUT2D eigenvalue weighted by Crippen LogP contribution is 2.38. The van der Waals surface area contributed by atoms with Crippen LogP contribution in [-0.2, 0) is 11.2 Å². The van der Waals surface area contributed by atoms with Crippen molar-refractivity contribution in [1.29, 1.82) is 0 Å². The molecule has 0 aliphatic carbocycles. The van der Waals surface area contributed by atoms with Gasteiger partial charge in [0.1, 0.15) is 11.6 Å². The van der Waals surface area contributed by atoms with E-state index in [-0.39, 0.29) is 11.8 Å². The smallest absolute Gasteiger partial charge is 0.227 e. The zero-order valence-electron chi connectivity index (χ0n) is 14.8. The maximum atomic E-state index is 14.0. The molecular weight excluding hydrogens is 405 g/mol. The topological polar surface area (TPSA) is 24.7 Å². The minimum atomic E-state index is -0.618. The molecule has 1 aliphatic rings. The predicted octanol–water partition coefficient (Wildman–Crippen LogP) is 6.15. The second kappa shape index (κ2) is 8.72. The second-order valence-corrected chi connectivity index (χ2v) is 7.44. The molecule has 1 unspecified atom stereocenters. The minimum absolute atomic E-state index is 0.00789. The van der Waals surface area contributed by atoms with Crippen molar-refractivity contribution in [2.75, 3.05) is 11.4 Å². The molecule has 1 atom stereocenters. The standard InChI is InChI=1S/C21H16Cl2F2N2O/c1-26-7-6-13-9-17(22)21(18(23)10-13)27-12-14(2-5-20(27)28)8-15-3-4-16(24)11-19(15)25/h3-4,6-7,9-11,14H,2,5,8,12H2. The van der Waals surface area contributed by atoms with Gasteiger partial charge in [-0.1, -0.05) is 35.3 Å². The van der Waals surface area contributed by atoms with E-state index in [4.69, 9.17) is 29.8 Å². The molecule has 1 saturated heterocycles.